The van der Waals surface area contributed by atoms with Crippen molar-refractivity contribution < 1.29 is 9.94 Å². The Morgan fingerprint density at radius 3 is 2.62 bits per heavy atom. The van der Waals surface area contributed by atoms with E-state index in [1.54, 1.807) is 42.6 Å². The van der Waals surface area contributed by atoms with E-state index in [2.05, 4.69) is 15.5 Å². The minimum Gasteiger partial charge on any atom is -0.439 e. The molecule has 0 radical (unpaired) electrons. The lowest BCUT2D eigenvalue weighted by atomic mass is 9.96. The zero-order chi connectivity index (χ0) is 16.8. The van der Waals surface area contributed by atoms with Gasteiger partial charge in [0.1, 0.15) is 5.75 Å². The number of hydroxylamine groups is 1. The van der Waals surface area contributed by atoms with E-state index in [1.165, 1.54) is 19.3 Å². The fraction of sp³-hybridized carbons (Fsp3) is 0.333. The molecule has 0 bridgehead atoms. The molecule has 2 N–H and O–H groups in total. The summed E-state index contributed by atoms with van der Waals surface area (Å²) < 4.78 is 5.72. The van der Waals surface area contributed by atoms with Crippen LogP contribution in [0.1, 0.15) is 37.7 Å². The molecular weight excluding hydrogens is 326 g/mol. The highest BCUT2D eigenvalue weighted by atomic mass is 35.5. The van der Waals surface area contributed by atoms with Gasteiger partial charge in [0.25, 0.3) is 0 Å². The molecular formula is C18H20ClN3O2. The number of nitrogens with zero attached hydrogens (tertiary/aromatic N) is 2. The Morgan fingerprint density at radius 2 is 1.92 bits per heavy atom. The second kappa shape index (κ2) is 8.13. The summed E-state index contributed by atoms with van der Waals surface area (Å²) in [5, 5.41) is 10.1. The Bertz CT molecular complexity index is 698. The Kier molecular flexibility index (Phi) is 5.67. The maximum atomic E-state index is 9.46. The number of aromatic nitrogens is 1. The number of halogens is 1. The number of hydrogen-bond donors (Lipinski definition) is 2. The number of nitrogens with one attached hydrogen (secondary N) is 1. The van der Waals surface area contributed by atoms with Crippen molar-refractivity contribution in [3.05, 3.63) is 53.2 Å². The SMILES string of the molecule is ONC(=NC1CCCCC1)c1ccnc(Oc2ccc(Cl)cc2)c1. The van der Waals surface area contributed by atoms with Crippen molar-refractivity contribution >= 4 is 17.4 Å². The second-order valence-electron chi connectivity index (χ2n) is 5.82. The van der Waals surface area contributed by atoms with Crippen molar-refractivity contribution in [1.82, 2.24) is 10.5 Å². The van der Waals surface area contributed by atoms with Crippen LogP contribution >= 0.6 is 11.6 Å². The molecule has 0 aliphatic heterocycles. The third-order valence-corrected chi connectivity index (χ3v) is 4.29. The highest BCUT2D eigenvalue weighted by molar-refractivity contribution is 6.30. The fourth-order valence-electron chi connectivity index (χ4n) is 2.80. The number of pyridine rings is 1. The van der Waals surface area contributed by atoms with Gasteiger partial charge in [0.15, 0.2) is 5.84 Å². The molecule has 3 rings (SSSR count). The molecule has 0 unspecified atom stereocenters. The molecule has 1 aliphatic rings. The quantitative estimate of drug-likeness (QED) is 0.483. The summed E-state index contributed by atoms with van der Waals surface area (Å²) in [6.45, 7) is 0. The number of benzene rings is 1. The van der Waals surface area contributed by atoms with Gasteiger partial charge in [-0.1, -0.05) is 30.9 Å². The van der Waals surface area contributed by atoms with Crippen LogP contribution in [0, 0.1) is 0 Å². The first-order valence-corrected chi connectivity index (χ1v) is 8.50. The average molecular weight is 346 g/mol. The molecule has 5 nitrogen and oxygen atoms in total. The Labute approximate surface area is 146 Å². The number of hydrogen-bond acceptors (Lipinski definition) is 4. The fourth-order valence-corrected chi connectivity index (χ4v) is 2.92. The Balaban J connectivity index is 1.77. The summed E-state index contributed by atoms with van der Waals surface area (Å²) >= 11 is 5.87. The predicted octanol–water partition coefficient (Wildman–Crippen LogP) is 4.59. The van der Waals surface area contributed by atoms with Crippen LogP contribution in [0.4, 0.5) is 0 Å². The van der Waals surface area contributed by atoms with Crippen molar-refractivity contribution in [3.63, 3.8) is 0 Å². The van der Waals surface area contributed by atoms with E-state index in [1.807, 2.05) is 0 Å². The highest BCUT2D eigenvalue weighted by Gasteiger charge is 2.14. The van der Waals surface area contributed by atoms with Crippen LogP contribution in [0.3, 0.4) is 0 Å². The van der Waals surface area contributed by atoms with E-state index in [9.17, 15) is 5.21 Å². The summed E-state index contributed by atoms with van der Waals surface area (Å²) in [6, 6.07) is 10.9. The van der Waals surface area contributed by atoms with Crippen LogP contribution < -0.4 is 10.2 Å². The maximum Gasteiger partial charge on any atom is 0.219 e. The molecule has 0 atom stereocenters. The van der Waals surface area contributed by atoms with Crippen molar-refractivity contribution in [3.8, 4) is 11.6 Å². The lowest BCUT2D eigenvalue weighted by Gasteiger charge is -2.19. The lowest BCUT2D eigenvalue weighted by molar-refractivity contribution is 0.233. The summed E-state index contributed by atoms with van der Waals surface area (Å²) in [5.41, 5.74) is 2.95. The molecule has 1 heterocycles. The number of amidine groups is 1. The van der Waals surface area contributed by atoms with Gasteiger partial charge in [-0.15, -0.1) is 0 Å². The van der Waals surface area contributed by atoms with E-state index in [0.29, 0.717) is 22.5 Å². The van der Waals surface area contributed by atoms with E-state index >= 15 is 0 Å². The van der Waals surface area contributed by atoms with Crippen molar-refractivity contribution in [1.29, 1.82) is 0 Å². The van der Waals surface area contributed by atoms with Gasteiger partial charge in [-0.2, -0.15) is 0 Å². The largest absolute Gasteiger partial charge is 0.439 e. The molecule has 24 heavy (non-hydrogen) atoms. The second-order valence-corrected chi connectivity index (χ2v) is 6.26. The van der Waals surface area contributed by atoms with Crippen molar-refractivity contribution in [2.45, 2.75) is 38.1 Å². The first-order valence-electron chi connectivity index (χ1n) is 8.12. The molecule has 1 fully saturated rings. The van der Waals surface area contributed by atoms with Gasteiger partial charge in [-0.25, -0.2) is 4.98 Å². The molecule has 0 spiro atoms. The first kappa shape index (κ1) is 16.7. The van der Waals surface area contributed by atoms with E-state index in [0.717, 1.165) is 18.4 Å². The van der Waals surface area contributed by atoms with Gasteiger partial charge in [0, 0.05) is 22.8 Å². The highest BCUT2D eigenvalue weighted by Crippen LogP contribution is 2.23. The third-order valence-electron chi connectivity index (χ3n) is 4.04. The minimum absolute atomic E-state index is 0.252. The smallest absolute Gasteiger partial charge is 0.219 e. The maximum absolute atomic E-state index is 9.46. The normalized spacial score (nSPS) is 16.0. The molecule has 0 saturated heterocycles. The van der Waals surface area contributed by atoms with Crippen molar-refractivity contribution in [2.75, 3.05) is 0 Å². The number of rotatable bonds is 4. The number of ether oxygens (including phenoxy) is 1. The number of aliphatic imine (C=N–C) groups is 1. The van der Waals surface area contributed by atoms with Gasteiger partial charge in [0.2, 0.25) is 5.88 Å². The van der Waals surface area contributed by atoms with Crippen molar-refractivity contribution in [2.24, 2.45) is 4.99 Å². The molecule has 1 saturated carbocycles. The van der Waals surface area contributed by atoms with E-state index < -0.39 is 0 Å². The van der Waals surface area contributed by atoms with E-state index in [-0.39, 0.29) is 6.04 Å². The average Bonchev–Trinajstić information content (AvgIpc) is 2.63. The third kappa shape index (κ3) is 4.46. The van der Waals surface area contributed by atoms with Gasteiger partial charge in [-0.3, -0.25) is 15.7 Å². The molecule has 1 aromatic heterocycles. The lowest BCUT2D eigenvalue weighted by Crippen LogP contribution is -2.24. The van der Waals surface area contributed by atoms with Crippen LogP contribution in [0.25, 0.3) is 0 Å². The van der Waals surface area contributed by atoms with Crippen LogP contribution in [0.5, 0.6) is 11.6 Å². The van der Waals surface area contributed by atoms with Crippen LogP contribution in [-0.2, 0) is 0 Å². The van der Waals surface area contributed by atoms with Gasteiger partial charge >= 0.3 is 0 Å². The molecule has 1 aliphatic carbocycles. The standard InChI is InChI=1S/C18H20ClN3O2/c19-14-6-8-16(9-7-14)24-17-12-13(10-11-20-17)18(22-23)21-15-4-2-1-3-5-15/h6-12,15,23H,1-5H2,(H,21,22). The summed E-state index contributed by atoms with van der Waals surface area (Å²) in [5.74, 6) is 1.53. The van der Waals surface area contributed by atoms with Crippen LogP contribution in [0.2, 0.25) is 5.02 Å². The summed E-state index contributed by atoms with van der Waals surface area (Å²) in [4.78, 5) is 8.84. The molecule has 0 amide bonds. The Hall–Kier alpha value is -2.11. The molecule has 1 aromatic carbocycles. The van der Waals surface area contributed by atoms with Gasteiger partial charge in [-0.05, 0) is 43.2 Å². The molecule has 6 heteroatoms. The topological polar surface area (TPSA) is 66.7 Å². The van der Waals surface area contributed by atoms with Crippen LogP contribution in [0.15, 0.2) is 47.6 Å². The first-order chi connectivity index (χ1) is 11.7. The van der Waals surface area contributed by atoms with E-state index in [4.69, 9.17) is 16.3 Å². The monoisotopic (exact) mass is 345 g/mol. The van der Waals surface area contributed by atoms with Gasteiger partial charge in [0.05, 0.1) is 6.04 Å². The zero-order valence-electron chi connectivity index (χ0n) is 13.3. The summed E-state index contributed by atoms with van der Waals surface area (Å²) in [6.07, 6.45) is 7.40. The summed E-state index contributed by atoms with van der Waals surface area (Å²) in [7, 11) is 0. The molecule has 126 valence electrons. The van der Waals surface area contributed by atoms with Crippen LogP contribution in [-0.4, -0.2) is 22.1 Å². The van der Waals surface area contributed by atoms with Gasteiger partial charge < -0.3 is 4.74 Å². The predicted molar refractivity (Wildman–Crippen MR) is 94.1 cm³/mol. The Morgan fingerprint density at radius 1 is 1.17 bits per heavy atom. The minimum atomic E-state index is 0.252. The zero-order valence-corrected chi connectivity index (χ0v) is 14.0. The molecule has 2 aromatic rings.